The fourth-order valence-electron chi connectivity index (χ4n) is 3.05. The standard InChI is InChI=1S/C17H22N4O2/c1-11-8-9-13(18-3)10-21(11)17(22)15-7-5-4-6-14(15)16-19-12(2)23-20-16/h4-7,11,13,18H,8-10H2,1-3H3/t11-,13-/m1/s1. The summed E-state index contributed by atoms with van der Waals surface area (Å²) in [5, 5.41) is 7.23. The predicted molar refractivity (Wildman–Crippen MR) is 87.1 cm³/mol. The molecule has 1 fully saturated rings. The second-order valence-electron chi connectivity index (χ2n) is 6.05. The van der Waals surface area contributed by atoms with Crippen LogP contribution in [0.2, 0.25) is 0 Å². The number of hydrogen-bond acceptors (Lipinski definition) is 5. The molecule has 3 rings (SSSR count). The van der Waals surface area contributed by atoms with E-state index in [0.717, 1.165) is 19.4 Å². The molecule has 1 aliphatic heterocycles. The lowest BCUT2D eigenvalue weighted by Crippen LogP contribution is -2.51. The number of piperidine rings is 1. The number of hydrogen-bond donors (Lipinski definition) is 1. The Bertz CT molecular complexity index is 697. The maximum Gasteiger partial charge on any atom is 0.254 e. The SMILES string of the molecule is CN[C@@H]1CC[C@@H](C)N(C(=O)c2ccccc2-c2noc(C)n2)C1. The van der Waals surface area contributed by atoms with Gasteiger partial charge in [-0.15, -0.1) is 0 Å². The van der Waals surface area contributed by atoms with Gasteiger partial charge < -0.3 is 14.7 Å². The van der Waals surface area contributed by atoms with Gasteiger partial charge in [-0.1, -0.05) is 23.4 Å². The van der Waals surface area contributed by atoms with Crippen LogP contribution in [0.25, 0.3) is 11.4 Å². The van der Waals surface area contributed by atoms with E-state index in [1.807, 2.05) is 36.2 Å². The van der Waals surface area contributed by atoms with Crippen molar-refractivity contribution >= 4 is 5.91 Å². The summed E-state index contributed by atoms with van der Waals surface area (Å²) in [7, 11) is 1.94. The van der Waals surface area contributed by atoms with E-state index < -0.39 is 0 Å². The van der Waals surface area contributed by atoms with Gasteiger partial charge in [0.2, 0.25) is 11.7 Å². The molecule has 0 bridgehead atoms. The van der Waals surface area contributed by atoms with Crippen molar-refractivity contribution in [2.24, 2.45) is 0 Å². The second-order valence-corrected chi connectivity index (χ2v) is 6.05. The van der Waals surface area contributed by atoms with E-state index in [1.54, 1.807) is 6.92 Å². The first kappa shape index (κ1) is 15.7. The molecule has 2 heterocycles. The highest BCUT2D eigenvalue weighted by Gasteiger charge is 2.30. The number of carbonyl (C=O) groups is 1. The lowest BCUT2D eigenvalue weighted by atomic mass is 9.97. The first-order valence-electron chi connectivity index (χ1n) is 7.98. The Balaban J connectivity index is 1.93. The van der Waals surface area contributed by atoms with E-state index in [0.29, 0.717) is 28.9 Å². The number of nitrogens with one attached hydrogen (secondary N) is 1. The summed E-state index contributed by atoms with van der Waals surface area (Å²) in [4.78, 5) is 19.3. The molecule has 2 aromatic rings. The molecule has 1 amide bonds. The molecule has 2 atom stereocenters. The van der Waals surface area contributed by atoms with Gasteiger partial charge in [0, 0.05) is 31.1 Å². The maximum absolute atomic E-state index is 13.1. The van der Waals surface area contributed by atoms with Crippen molar-refractivity contribution in [2.75, 3.05) is 13.6 Å². The van der Waals surface area contributed by atoms with Gasteiger partial charge in [-0.25, -0.2) is 0 Å². The van der Waals surface area contributed by atoms with Crippen molar-refractivity contribution in [2.45, 2.75) is 38.8 Å². The Kier molecular flexibility index (Phi) is 4.43. The number of likely N-dealkylation sites (N-methyl/N-ethyl adjacent to an activating group) is 1. The molecule has 0 saturated carbocycles. The van der Waals surface area contributed by atoms with E-state index in [1.165, 1.54) is 0 Å². The second kappa shape index (κ2) is 6.50. The molecule has 1 aromatic carbocycles. The van der Waals surface area contributed by atoms with E-state index >= 15 is 0 Å². The molecule has 1 aliphatic rings. The molecule has 1 saturated heterocycles. The van der Waals surface area contributed by atoms with E-state index in [-0.39, 0.29) is 11.9 Å². The fourth-order valence-corrected chi connectivity index (χ4v) is 3.05. The number of aromatic nitrogens is 2. The predicted octanol–water partition coefficient (Wildman–Crippen LogP) is 2.26. The first-order chi connectivity index (χ1) is 11.1. The first-order valence-corrected chi connectivity index (χ1v) is 7.98. The van der Waals surface area contributed by atoms with Crippen LogP contribution in [0.15, 0.2) is 28.8 Å². The molecular formula is C17H22N4O2. The smallest absolute Gasteiger partial charge is 0.254 e. The summed E-state index contributed by atoms with van der Waals surface area (Å²) in [6.45, 7) is 4.56. The monoisotopic (exact) mass is 314 g/mol. The molecule has 0 spiro atoms. The van der Waals surface area contributed by atoms with Crippen molar-refractivity contribution < 1.29 is 9.32 Å². The van der Waals surface area contributed by atoms with Crippen LogP contribution in [0.1, 0.15) is 36.0 Å². The van der Waals surface area contributed by atoms with Crippen LogP contribution < -0.4 is 5.32 Å². The van der Waals surface area contributed by atoms with Gasteiger partial charge in [-0.2, -0.15) is 4.98 Å². The normalized spacial score (nSPS) is 21.4. The van der Waals surface area contributed by atoms with Gasteiger partial charge in [-0.05, 0) is 32.9 Å². The zero-order valence-corrected chi connectivity index (χ0v) is 13.7. The molecule has 0 unspecified atom stereocenters. The van der Waals surface area contributed by atoms with Gasteiger partial charge in [0.1, 0.15) is 0 Å². The van der Waals surface area contributed by atoms with Crippen molar-refractivity contribution in [3.05, 3.63) is 35.7 Å². The molecule has 0 radical (unpaired) electrons. The van der Waals surface area contributed by atoms with Gasteiger partial charge >= 0.3 is 0 Å². The van der Waals surface area contributed by atoms with Crippen molar-refractivity contribution in [1.29, 1.82) is 0 Å². The highest BCUT2D eigenvalue weighted by molar-refractivity contribution is 6.00. The minimum atomic E-state index is 0.0236. The number of aryl methyl sites for hydroxylation is 1. The zero-order chi connectivity index (χ0) is 16.4. The largest absolute Gasteiger partial charge is 0.339 e. The average molecular weight is 314 g/mol. The molecule has 122 valence electrons. The molecule has 6 nitrogen and oxygen atoms in total. The molecule has 1 N–H and O–H groups in total. The minimum Gasteiger partial charge on any atom is -0.339 e. The fraction of sp³-hybridized carbons (Fsp3) is 0.471. The maximum atomic E-state index is 13.1. The van der Waals surface area contributed by atoms with Gasteiger partial charge in [0.15, 0.2) is 0 Å². The summed E-state index contributed by atoms with van der Waals surface area (Å²) >= 11 is 0. The summed E-state index contributed by atoms with van der Waals surface area (Å²) in [6.07, 6.45) is 2.09. The summed E-state index contributed by atoms with van der Waals surface area (Å²) in [6, 6.07) is 8.02. The van der Waals surface area contributed by atoms with Crippen LogP contribution >= 0.6 is 0 Å². The minimum absolute atomic E-state index is 0.0236. The van der Waals surface area contributed by atoms with Crippen molar-refractivity contribution in [1.82, 2.24) is 20.4 Å². The third kappa shape index (κ3) is 3.12. The third-order valence-electron chi connectivity index (χ3n) is 4.48. The Hall–Kier alpha value is -2.21. The summed E-state index contributed by atoms with van der Waals surface area (Å²) in [5.41, 5.74) is 1.34. The lowest BCUT2D eigenvalue weighted by Gasteiger charge is -2.38. The number of amides is 1. The van der Waals surface area contributed by atoms with E-state index in [4.69, 9.17) is 4.52 Å². The Labute approximate surface area is 135 Å². The van der Waals surface area contributed by atoms with Crippen molar-refractivity contribution in [3.63, 3.8) is 0 Å². The highest BCUT2D eigenvalue weighted by atomic mass is 16.5. The van der Waals surface area contributed by atoms with E-state index in [2.05, 4.69) is 22.4 Å². The third-order valence-corrected chi connectivity index (χ3v) is 4.48. The summed E-state index contributed by atoms with van der Waals surface area (Å²) in [5.74, 6) is 0.973. The number of carbonyl (C=O) groups excluding carboxylic acids is 1. The Morgan fingerprint density at radius 1 is 1.35 bits per heavy atom. The molecule has 6 heteroatoms. The van der Waals surface area contributed by atoms with Crippen LogP contribution in [0.3, 0.4) is 0 Å². The van der Waals surface area contributed by atoms with E-state index in [9.17, 15) is 4.79 Å². The highest BCUT2D eigenvalue weighted by Crippen LogP contribution is 2.25. The number of likely N-dealkylation sites (tertiary alicyclic amines) is 1. The van der Waals surface area contributed by atoms with Crippen LogP contribution in [-0.2, 0) is 0 Å². The van der Waals surface area contributed by atoms with Crippen LogP contribution in [0.5, 0.6) is 0 Å². The van der Waals surface area contributed by atoms with Crippen LogP contribution in [-0.4, -0.2) is 46.6 Å². The quantitative estimate of drug-likeness (QED) is 0.941. The summed E-state index contributed by atoms with van der Waals surface area (Å²) < 4.78 is 5.06. The molecule has 1 aromatic heterocycles. The Morgan fingerprint density at radius 2 is 2.13 bits per heavy atom. The van der Waals surface area contributed by atoms with Gasteiger partial charge in [0.05, 0.1) is 5.56 Å². The molecule has 23 heavy (non-hydrogen) atoms. The van der Waals surface area contributed by atoms with Crippen LogP contribution in [0, 0.1) is 6.92 Å². The topological polar surface area (TPSA) is 71.3 Å². The van der Waals surface area contributed by atoms with Gasteiger partial charge in [0.25, 0.3) is 5.91 Å². The number of rotatable bonds is 3. The lowest BCUT2D eigenvalue weighted by molar-refractivity contribution is 0.0597. The molecular weight excluding hydrogens is 292 g/mol. The van der Waals surface area contributed by atoms with Crippen LogP contribution in [0.4, 0.5) is 0 Å². The van der Waals surface area contributed by atoms with Crippen molar-refractivity contribution in [3.8, 4) is 11.4 Å². The Morgan fingerprint density at radius 3 is 2.83 bits per heavy atom. The molecule has 0 aliphatic carbocycles. The van der Waals surface area contributed by atoms with Gasteiger partial charge in [-0.3, -0.25) is 4.79 Å². The average Bonchev–Trinajstić information content (AvgIpc) is 3.01. The number of benzene rings is 1. The zero-order valence-electron chi connectivity index (χ0n) is 13.7. The number of nitrogens with zero attached hydrogens (tertiary/aromatic N) is 3.